The van der Waals surface area contributed by atoms with Crippen molar-refractivity contribution in [3.05, 3.63) is 34.3 Å². The Kier molecular flexibility index (Phi) is 5.43. The monoisotopic (exact) mass is 324 g/mol. The molecule has 0 atom stereocenters. The molecule has 0 spiro atoms. The molecule has 106 valence electrons. The Hall–Kier alpha value is -0.380. The second-order valence-electron chi connectivity index (χ2n) is 5.57. The first kappa shape index (κ1) is 15.0. The van der Waals surface area contributed by atoms with Crippen LogP contribution in [0.4, 0.5) is 0 Å². The van der Waals surface area contributed by atoms with Gasteiger partial charge in [-0.05, 0) is 44.0 Å². The quantitative estimate of drug-likeness (QED) is 0.906. The van der Waals surface area contributed by atoms with E-state index in [0.29, 0.717) is 5.54 Å². The summed E-state index contributed by atoms with van der Waals surface area (Å²) in [6, 6.07) is 8.57. The van der Waals surface area contributed by atoms with Crippen LogP contribution in [0.15, 0.2) is 28.7 Å². The van der Waals surface area contributed by atoms with Crippen LogP contribution < -0.4 is 5.32 Å². The highest BCUT2D eigenvalue weighted by Crippen LogP contribution is 2.23. The molecule has 0 aliphatic carbocycles. The van der Waals surface area contributed by atoms with Gasteiger partial charge in [-0.1, -0.05) is 48.0 Å². The molecule has 1 aromatic carbocycles. The maximum atomic E-state index is 3.77. The first-order valence-electron chi connectivity index (χ1n) is 7.40. The molecule has 0 amide bonds. The summed E-state index contributed by atoms with van der Waals surface area (Å²) in [6.07, 6.45) is 3.65. The van der Waals surface area contributed by atoms with Gasteiger partial charge in [-0.15, -0.1) is 0 Å². The topological polar surface area (TPSA) is 15.3 Å². The highest BCUT2D eigenvalue weighted by atomic mass is 79.9. The molecule has 1 aliphatic rings. The molecule has 0 unspecified atom stereocenters. The Labute approximate surface area is 125 Å². The Balaban J connectivity index is 2.09. The molecule has 1 fully saturated rings. The van der Waals surface area contributed by atoms with Crippen molar-refractivity contribution < 1.29 is 0 Å². The van der Waals surface area contributed by atoms with Gasteiger partial charge in [0.1, 0.15) is 0 Å². The minimum absolute atomic E-state index is 0.303. The van der Waals surface area contributed by atoms with Gasteiger partial charge in [-0.3, -0.25) is 4.90 Å². The summed E-state index contributed by atoms with van der Waals surface area (Å²) in [5.74, 6) is 0. The molecule has 2 nitrogen and oxygen atoms in total. The fourth-order valence-electron chi connectivity index (χ4n) is 2.95. The Morgan fingerprint density at radius 1 is 1.26 bits per heavy atom. The number of halogens is 1. The third-order valence-corrected chi connectivity index (χ3v) is 5.16. The predicted molar refractivity (Wildman–Crippen MR) is 85.4 cm³/mol. The first-order valence-corrected chi connectivity index (χ1v) is 8.19. The molecule has 0 saturated carbocycles. The maximum absolute atomic E-state index is 3.77. The Morgan fingerprint density at radius 3 is 2.68 bits per heavy atom. The molecule has 2 rings (SSSR count). The average molecular weight is 325 g/mol. The van der Waals surface area contributed by atoms with Crippen LogP contribution in [0.2, 0.25) is 0 Å². The zero-order valence-electron chi connectivity index (χ0n) is 12.1. The summed E-state index contributed by atoms with van der Waals surface area (Å²) < 4.78 is 1.23. The number of benzene rings is 1. The fourth-order valence-corrected chi connectivity index (χ4v) is 3.36. The highest BCUT2D eigenvalue weighted by molar-refractivity contribution is 9.10. The lowest BCUT2D eigenvalue weighted by atomic mass is 9.92. The lowest BCUT2D eigenvalue weighted by Gasteiger charge is -2.35. The molecule has 1 heterocycles. The van der Waals surface area contributed by atoms with Gasteiger partial charge >= 0.3 is 0 Å². The third-order valence-electron chi connectivity index (χ3n) is 4.38. The van der Waals surface area contributed by atoms with Crippen LogP contribution in [-0.4, -0.2) is 30.1 Å². The standard InChI is InChI=1S/C16H25BrN2/c1-3-16(4-2)13-19(11-7-10-18-16)12-14-8-5-6-9-15(14)17/h5-6,8-9,18H,3-4,7,10-13H2,1-2H3. The summed E-state index contributed by atoms with van der Waals surface area (Å²) in [5, 5.41) is 3.77. The molecule has 19 heavy (non-hydrogen) atoms. The van der Waals surface area contributed by atoms with Crippen molar-refractivity contribution in [2.24, 2.45) is 0 Å². The number of nitrogens with zero attached hydrogens (tertiary/aromatic N) is 1. The van der Waals surface area contributed by atoms with E-state index in [1.807, 2.05) is 0 Å². The number of hydrogen-bond donors (Lipinski definition) is 1. The van der Waals surface area contributed by atoms with Gasteiger partial charge in [0.25, 0.3) is 0 Å². The van der Waals surface area contributed by atoms with E-state index in [1.54, 1.807) is 0 Å². The summed E-state index contributed by atoms with van der Waals surface area (Å²) in [6.45, 7) is 9.15. The van der Waals surface area contributed by atoms with Gasteiger partial charge in [0.05, 0.1) is 0 Å². The largest absolute Gasteiger partial charge is 0.310 e. The Bertz CT molecular complexity index is 401. The summed E-state index contributed by atoms with van der Waals surface area (Å²) in [7, 11) is 0. The molecule has 3 heteroatoms. The molecular weight excluding hydrogens is 300 g/mol. The number of hydrogen-bond acceptors (Lipinski definition) is 2. The Morgan fingerprint density at radius 2 is 2.00 bits per heavy atom. The second kappa shape index (κ2) is 6.87. The number of rotatable bonds is 4. The lowest BCUT2D eigenvalue weighted by Crippen LogP contribution is -2.50. The van der Waals surface area contributed by atoms with E-state index >= 15 is 0 Å². The molecule has 0 bridgehead atoms. The highest BCUT2D eigenvalue weighted by Gasteiger charge is 2.30. The SMILES string of the molecule is CCC1(CC)CN(Cc2ccccc2Br)CCCN1. The van der Waals surface area contributed by atoms with E-state index in [4.69, 9.17) is 0 Å². The zero-order chi connectivity index (χ0) is 13.7. The predicted octanol–water partition coefficient (Wildman–Crippen LogP) is 3.80. The normalized spacial score (nSPS) is 20.2. The van der Waals surface area contributed by atoms with Crippen LogP contribution in [0.25, 0.3) is 0 Å². The second-order valence-corrected chi connectivity index (χ2v) is 6.42. The lowest BCUT2D eigenvalue weighted by molar-refractivity contribution is 0.191. The molecule has 0 aromatic heterocycles. The molecule has 1 saturated heterocycles. The average Bonchev–Trinajstić information content (AvgIpc) is 2.64. The first-order chi connectivity index (χ1) is 9.19. The van der Waals surface area contributed by atoms with Crippen molar-refractivity contribution in [3.8, 4) is 0 Å². The van der Waals surface area contributed by atoms with Crippen LogP contribution in [0, 0.1) is 0 Å². The van der Waals surface area contributed by atoms with E-state index < -0.39 is 0 Å². The van der Waals surface area contributed by atoms with Crippen LogP contribution in [0.1, 0.15) is 38.7 Å². The van der Waals surface area contributed by atoms with Crippen molar-refractivity contribution in [2.45, 2.75) is 45.2 Å². The van der Waals surface area contributed by atoms with Crippen molar-refractivity contribution in [2.75, 3.05) is 19.6 Å². The van der Waals surface area contributed by atoms with E-state index in [1.165, 1.54) is 35.8 Å². The van der Waals surface area contributed by atoms with Gasteiger partial charge in [0.15, 0.2) is 0 Å². The van der Waals surface area contributed by atoms with E-state index in [-0.39, 0.29) is 0 Å². The van der Waals surface area contributed by atoms with Crippen LogP contribution in [0.5, 0.6) is 0 Å². The fraction of sp³-hybridized carbons (Fsp3) is 0.625. The molecule has 1 N–H and O–H groups in total. The van der Waals surface area contributed by atoms with Crippen LogP contribution in [0.3, 0.4) is 0 Å². The van der Waals surface area contributed by atoms with E-state index in [9.17, 15) is 0 Å². The summed E-state index contributed by atoms with van der Waals surface area (Å²) in [4.78, 5) is 2.60. The van der Waals surface area contributed by atoms with Gasteiger partial charge in [0, 0.05) is 23.1 Å². The van der Waals surface area contributed by atoms with Gasteiger partial charge in [-0.25, -0.2) is 0 Å². The third kappa shape index (κ3) is 3.80. The van der Waals surface area contributed by atoms with E-state index in [0.717, 1.165) is 19.6 Å². The van der Waals surface area contributed by atoms with E-state index in [2.05, 4.69) is 64.3 Å². The molecule has 1 aromatic rings. The van der Waals surface area contributed by atoms with Gasteiger partial charge in [0.2, 0.25) is 0 Å². The zero-order valence-corrected chi connectivity index (χ0v) is 13.7. The molecular formula is C16H25BrN2. The summed E-state index contributed by atoms with van der Waals surface area (Å²) in [5.41, 5.74) is 1.70. The molecule has 0 radical (unpaired) electrons. The maximum Gasteiger partial charge on any atom is 0.0303 e. The smallest absolute Gasteiger partial charge is 0.0303 e. The minimum atomic E-state index is 0.303. The summed E-state index contributed by atoms with van der Waals surface area (Å²) >= 11 is 3.66. The van der Waals surface area contributed by atoms with Crippen molar-refractivity contribution in [3.63, 3.8) is 0 Å². The van der Waals surface area contributed by atoms with Crippen LogP contribution in [-0.2, 0) is 6.54 Å². The minimum Gasteiger partial charge on any atom is -0.310 e. The van der Waals surface area contributed by atoms with Gasteiger partial charge in [-0.2, -0.15) is 0 Å². The van der Waals surface area contributed by atoms with Crippen molar-refractivity contribution in [1.82, 2.24) is 10.2 Å². The van der Waals surface area contributed by atoms with Crippen molar-refractivity contribution in [1.29, 1.82) is 0 Å². The number of nitrogens with one attached hydrogen (secondary N) is 1. The van der Waals surface area contributed by atoms with Crippen molar-refractivity contribution >= 4 is 15.9 Å². The van der Waals surface area contributed by atoms with Crippen LogP contribution >= 0.6 is 15.9 Å². The van der Waals surface area contributed by atoms with Gasteiger partial charge < -0.3 is 5.32 Å². The molecule has 1 aliphatic heterocycles.